The van der Waals surface area contributed by atoms with E-state index in [2.05, 4.69) is 36.3 Å². The molecule has 3 heterocycles. The minimum absolute atomic E-state index is 0.193. The average Bonchev–Trinajstić information content (AvgIpc) is 3.05. The number of amides is 1. The summed E-state index contributed by atoms with van der Waals surface area (Å²) in [6.07, 6.45) is 0.0470. The van der Waals surface area contributed by atoms with E-state index >= 15 is 0 Å². The molecule has 1 aliphatic carbocycles. The first-order valence-corrected chi connectivity index (χ1v) is 8.23. The summed E-state index contributed by atoms with van der Waals surface area (Å²) in [5.74, 6) is -0.265. The van der Waals surface area contributed by atoms with Gasteiger partial charge in [0, 0.05) is 23.8 Å². The van der Waals surface area contributed by atoms with Gasteiger partial charge in [0.25, 0.3) is 5.91 Å². The van der Waals surface area contributed by atoms with Gasteiger partial charge in [0.1, 0.15) is 11.3 Å². The number of halogens is 4. The standard InChI is InChI=1S/C15H11BrF3N5O/c16-9-6-20-13-8(5-10(22-13)14(25)21-7-1-2-7)12(9)24-4-3-11(23-24)15(17,18)19/h3-7H,1-2H2,(H,20,22)(H,21,25). The van der Waals surface area contributed by atoms with E-state index in [9.17, 15) is 18.0 Å². The lowest BCUT2D eigenvalue weighted by atomic mass is 10.2. The van der Waals surface area contributed by atoms with Gasteiger partial charge in [-0.2, -0.15) is 18.3 Å². The van der Waals surface area contributed by atoms with E-state index in [0.717, 1.165) is 23.6 Å². The summed E-state index contributed by atoms with van der Waals surface area (Å²) in [5, 5.41) is 6.94. The van der Waals surface area contributed by atoms with Crippen LogP contribution in [0.4, 0.5) is 13.2 Å². The summed E-state index contributed by atoms with van der Waals surface area (Å²) in [6, 6.07) is 2.65. The quantitative estimate of drug-likeness (QED) is 0.690. The van der Waals surface area contributed by atoms with Gasteiger partial charge in [-0.3, -0.25) is 4.79 Å². The monoisotopic (exact) mass is 413 g/mol. The summed E-state index contributed by atoms with van der Waals surface area (Å²) >= 11 is 3.29. The number of alkyl halides is 3. The molecule has 4 rings (SSSR count). The van der Waals surface area contributed by atoms with E-state index in [-0.39, 0.29) is 11.9 Å². The second-order valence-corrected chi connectivity index (χ2v) is 6.65. The minimum atomic E-state index is -4.53. The molecule has 0 atom stereocenters. The lowest BCUT2D eigenvalue weighted by molar-refractivity contribution is -0.141. The summed E-state index contributed by atoms with van der Waals surface area (Å²) in [5.41, 5.74) is 0.0778. The Balaban J connectivity index is 1.79. The first-order valence-electron chi connectivity index (χ1n) is 7.44. The van der Waals surface area contributed by atoms with Gasteiger partial charge in [-0.05, 0) is 40.9 Å². The fraction of sp³-hybridized carbons (Fsp3) is 0.267. The number of rotatable bonds is 3. The maximum absolute atomic E-state index is 12.8. The Morgan fingerprint density at radius 3 is 2.80 bits per heavy atom. The first kappa shape index (κ1) is 16.1. The third-order valence-electron chi connectivity index (χ3n) is 3.85. The molecule has 0 spiro atoms. The molecular formula is C15H11BrF3N5O. The highest BCUT2D eigenvalue weighted by molar-refractivity contribution is 9.10. The summed E-state index contributed by atoms with van der Waals surface area (Å²) in [7, 11) is 0. The number of pyridine rings is 1. The zero-order valence-corrected chi connectivity index (χ0v) is 14.1. The highest BCUT2D eigenvalue weighted by Crippen LogP contribution is 2.32. The molecule has 6 nitrogen and oxygen atoms in total. The Labute approximate surface area is 147 Å². The van der Waals surface area contributed by atoms with E-state index in [1.54, 1.807) is 6.07 Å². The van der Waals surface area contributed by atoms with Gasteiger partial charge < -0.3 is 10.3 Å². The maximum atomic E-state index is 12.8. The molecule has 0 aromatic carbocycles. The molecule has 0 aliphatic heterocycles. The van der Waals surface area contributed by atoms with Gasteiger partial charge in [-0.1, -0.05) is 0 Å². The van der Waals surface area contributed by atoms with Crippen molar-refractivity contribution < 1.29 is 18.0 Å². The van der Waals surface area contributed by atoms with Crippen molar-refractivity contribution in [3.63, 3.8) is 0 Å². The molecule has 3 aromatic heterocycles. The number of aromatic amines is 1. The number of hydrogen-bond acceptors (Lipinski definition) is 3. The fourth-order valence-corrected chi connectivity index (χ4v) is 2.98. The second-order valence-electron chi connectivity index (χ2n) is 5.79. The molecule has 25 heavy (non-hydrogen) atoms. The Bertz CT molecular complexity index is 973. The number of carbonyl (C=O) groups excluding carboxylic acids is 1. The van der Waals surface area contributed by atoms with E-state index < -0.39 is 11.9 Å². The van der Waals surface area contributed by atoms with Crippen LogP contribution in [0.2, 0.25) is 0 Å². The Morgan fingerprint density at radius 1 is 1.40 bits per heavy atom. The van der Waals surface area contributed by atoms with E-state index in [1.165, 1.54) is 12.4 Å². The normalized spacial score (nSPS) is 14.9. The average molecular weight is 414 g/mol. The van der Waals surface area contributed by atoms with Crippen LogP contribution in [0.15, 0.2) is 29.0 Å². The van der Waals surface area contributed by atoms with Gasteiger partial charge in [0.15, 0.2) is 5.69 Å². The number of aromatic nitrogens is 4. The van der Waals surface area contributed by atoms with E-state index in [1.807, 2.05) is 0 Å². The highest BCUT2D eigenvalue weighted by Gasteiger charge is 2.34. The predicted molar refractivity (Wildman–Crippen MR) is 86.4 cm³/mol. The van der Waals surface area contributed by atoms with E-state index in [0.29, 0.717) is 26.9 Å². The van der Waals surface area contributed by atoms with Crippen LogP contribution in [0.25, 0.3) is 16.7 Å². The topological polar surface area (TPSA) is 75.6 Å². The number of carbonyl (C=O) groups is 1. The molecule has 1 aliphatic rings. The van der Waals surface area contributed by atoms with Crippen LogP contribution in [-0.4, -0.2) is 31.7 Å². The van der Waals surface area contributed by atoms with Crippen molar-refractivity contribution in [3.8, 4) is 5.69 Å². The lowest BCUT2D eigenvalue weighted by Crippen LogP contribution is -2.25. The number of hydrogen-bond donors (Lipinski definition) is 2. The van der Waals surface area contributed by atoms with Crippen LogP contribution in [0, 0.1) is 0 Å². The fourth-order valence-electron chi connectivity index (χ4n) is 2.48. The van der Waals surface area contributed by atoms with Crippen molar-refractivity contribution in [2.45, 2.75) is 25.1 Å². The molecule has 0 radical (unpaired) electrons. The zero-order valence-electron chi connectivity index (χ0n) is 12.6. The van der Waals surface area contributed by atoms with Gasteiger partial charge in [-0.25, -0.2) is 9.67 Å². The van der Waals surface area contributed by atoms with Gasteiger partial charge >= 0.3 is 6.18 Å². The highest BCUT2D eigenvalue weighted by atomic mass is 79.9. The van der Waals surface area contributed by atoms with Crippen LogP contribution < -0.4 is 5.32 Å². The summed E-state index contributed by atoms with van der Waals surface area (Å²) in [6.45, 7) is 0. The smallest absolute Gasteiger partial charge is 0.348 e. The van der Waals surface area contributed by atoms with Crippen molar-refractivity contribution in [3.05, 3.63) is 40.4 Å². The largest absolute Gasteiger partial charge is 0.435 e. The third-order valence-corrected chi connectivity index (χ3v) is 4.43. The first-order chi connectivity index (χ1) is 11.8. The molecule has 2 N–H and O–H groups in total. The number of fused-ring (bicyclic) bond motifs is 1. The Hall–Kier alpha value is -2.36. The molecule has 130 valence electrons. The Morgan fingerprint density at radius 2 is 2.16 bits per heavy atom. The number of H-pyrrole nitrogens is 1. The van der Waals surface area contributed by atoms with Crippen molar-refractivity contribution in [2.24, 2.45) is 0 Å². The molecule has 0 unspecified atom stereocenters. The molecule has 0 bridgehead atoms. The van der Waals surface area contributed by atoms with Gasteiger partial charge in [-0.15, -0.1) is 0 Å². The Kier molecular flexibility index (Phi) is 3.60. The van der Waals surface area contributed by atoms with Crippen LogP contribution in [0.1, 0.15) is 29.0 Å². The maximum Gasteiger partial charge on any atom is 0.435 e. The van der Waals surface area contributed by atoms with Crippen molar-refractivity contribution in [1.82, 2.24) is 25.1 Å². The summed E-state index contributed by atoms with van der Waals surface area (Å²) < 4.78 is 40.0. The second kappa shape index (κ2) is 5.58. The van der Waals surface area contributed by atoms with Crippen LogP contribution in [0.5, 0.6) is 0 Å². The predicted octanol–water partition coefficient (Wildman–Crippen LogP) is 3.42. The SMILES string of the molecule is O=C(NC1CC1)c1cc2c(-n3ccc(C(F)(F)F)n3)c(Br)cnc2[nH]1. The molecule has 1 amide bonds. The lowest BCUT2D eigenvalue weighted by Gasteiger charge is -2.06. The number of nitrogens with zero attached hydrogens (tertiary/aromatic N) is 3. The van der Waals surface area contributed by atoms with Gasteiger partial charge in [0.05, 0.1) is 10.2 Å². The van der Waals surface area contributed by atoms with Crippen molar-refractivity contribution >= 4 is 32.9 Å². The molecule has 1 saturated carbocycles. The number of nitrogens with one attached hydrogen (secondary N) is 2. The minimum Gasteiger partial charge on any atom is -0.348 e. The van der Waals surface area contributed by atoms with Crippen molar-refractivity contribution in [2.75, 3.05) is 0 Å². The third kappa shape index (κ3) is 3.01. The van der Waals surface area contributed by atoms with E-state index in [4.69, 9.17) is 0 Å². The van der Waals surface area contributed by atoms with Crippen LogP contribution in [0.3, 0.4) is 0 Å². The molecular weight excluding hydrogens is 403 g/mol. The summed E-state index contributed by atoms with van der Waals surface area (Å²) in [4.78, 5) is 19.3. The zero-order chi connectivity index (χ0) is 17.8. The van der Waals surface area contributed by atoms with Crippen LogP contribution in [-0.2, 0) is 6.18 Å². The van der Waals surface area contributed by atoms with Gasteiger partial charge in [0.2, 0.25) is 0 Å². The molecule has 1 fully saturated rings. The molecule has 3 aromatic rings. The molecule has 10 heteroatoms. The van der Waals surface area contributed by atoms with Crippen molar-refractivity contribution in [1.29, 1.82) is 0 Å². The molecule has 0 saturated heterocycles. The van der Waals surface area contributed by atoms with Crippen LogP contribution >= 0.6 is 15.9 Å².